The van der Waals surface area contributed by atoms with Crippen LogP contribution in [-0.4, -0.2) is 34.2 Å². The van der Waals surface area contributed by atoms with E-state index >= 15 is 0 Å². The zero-order valence-corrected chi connectivity index (χ0v) is 12.1. The van der Waals surface area contributed by atoms with E-state index in [2.05, 4.69) is 0 Å². The van der Waals surface area contributed by atoms with Gasteiger partial charge in [-0.3, -0.25) is 4.79 Å². The Morgan fingerprint density at radius 3 is 3.00 bits per heavy atom. The molecule has 2 aliphatic rings. The Hall–Kier alpha value is -1.07. The fourth-order valence-electron chi connectivity index (χ4n) is 2.91. The summed E-state index contributed by atoms with van der Waals surface area (Å²) in [6.45, 7) is 4.48. The van der Waals surface area contributed by atoms with Gasteiger partial charge >= 0.3 is 0 Å². The first-order valence-corrected chi connectivity index (χ1v) is 7.62. The molecule has 104 valence electrons. The van der Waals surface area contributed by atoms with Crippen LogP contribution in [0.5, 0.6) is 5.75 Å². The molecule has 1 aromatic heterocycles. The van der Waals surface area contributed by atoms with Gasteiger partial charge in [-0.2, -0.15) is 0 Å². The van der Waals surface area contributed by atoms with Crippen LogP contribution in [0.1, 0.15) is 44.0 Å². The number of aliphatic hydroxyl groups is 1. The standard InChI is InChI=1S/C14H19NO3S/c1-14(2)13(17)11(12-9(18-14)6-8-19-12)15-7-4-3-5-10(15)16/h6,8,11,13,17H,3-5,7H2,1-2H3/t11-,13+/m0/s1. The highest BCUT2D eigenvalue weighted by molar-refractivity contribution is 7.10. The molecule has 19 heavy (non-hydrogen) atoms. The molecule has 2 atom stereocenters. The number of nitrogens with zero attached hydrogens (tertiary/aromatic N) is 1. The molecule has 0 radical (unpaired) electrons. The maximum atomic E-state index is 12.2. The Labute approximate surface area is 117 Å². The minimum Gasteiger partial charge on any atom is -0.484 e. The van der Waals surface area contributed by atoms with Gasteiger partial charge in [0, 0.05) is 13.0 Å². The Kier molecular flexibility index (Phi) is 3.06. The number of hydrogen-bond acceptors (Lipinski definition) is 4. The van der Waals surface area contributed by atoms with Crippen LogP contribution in [0.2, 0.25) is 0 Å². The van der Waals surface area contributed by atoms with E-state index in [1.165, 1.54) is 0 Å². The molecule has 4 nitrogen and oxygen atoms in total. The number of hydrogen-bond donors (Lipinski definition) is 1. The predicted octanol–water partition coefficient (Wildman–Crippen LogP) is 2.33. The second-order valence-corrected chi connectivity index (χ2v) is 6.74. The molecule has 3 heterocycles. The number of piperidine rings is 1. The fourth-order valence-corrected chi connectivity index (χ4v) is 3.87. The number of carbonyl (C=O) groups excluding carboxylic acids is 1. The third-order valence-corrected chi connectivity index (χ3v) is 4.97. The molecule has 0 bridgehead atoms. The number of amides is 1. The van der Waals surface area contributed by atoms with Crippen molar-refractivity contribution in [1.82, 2.24) is 4.90 Å². The molecule has 1 amide bonds. The second kappa shape index (κ2) is 4.49. The molecule has 0 aromatic carbocycles. The van der Waals surface area contributed by atoms with Crippen molar-refractivity contribution in [2.24, 2.45) is 0 Å². The van der Waals surface area contributed by atoms with Crippen molar-refractivity contribution >= 4 is 17.2 Å². The first-order valence-electron chi connectivity index (χ1n) is 6.74. The van der Waals surface area contributed by atoms with Crippen LogP contribution >= 0.6 is 11.3 Å². The molecule has 1 aromatic rings. The highest BCUT2D eigenvalue weighted by atomic mass is 32.1. The Morgan fingerprint density at radius 1 is 1.47 bits per heavy atom. The summed E-state index contributed by atoms with van der Waals surface area (Å²) in [5, 5.41) is 12.6. The normalized spacial score (nSPS) is 29.8. The molecular weight excluding hydrogens is 262 g/mol. The number of likely N-dealkylation sites (tertiary alicyclic amines) is 1. The monoisotopic (exact) mass is 281 g/mol. The predicted molar refractivity (Wildman–Crippen MR) is 73.3 cm³/mol. The minimum absolute atomic E-state index is 0.146. The van der Waals surface area contributed by atoms with Crippen molar-refractivity contribution in [3.8, 4) is 5.75 Å². The fraction of sp³-hybridized carbons (Fsp3) is 0.643. The van der Waals surface area contributed by atoms with Gasteiger partial charge in [0.25, 0.3) is 0 Å². The SMILES string of the molecule is CC1(C)Oc2ccsc2[C@H](N2CCCCC2=O)[C@H]1O. The van der Waals surface area contributed by atoms with Gasteiger partial charge in [-0.05, 0) is 38.1 Å². The molecule has 0 saturated carbocycles. The van der Waals surface area contributed by atoms with Crippen molar-refractivity contribution in [3.63, 3.8) is 0 Å². The van der Waals surface area contributed by atoms with Gasteiger partial charge in [-0.1, -0.05) is 0 Å². The van der Waals surface area contributed by atoms with Crippen LogP contribution in [0.15, 0.2) is 11.4 Å². The summed E-state index contributed by atoms with van der Waals surface area (Å²) in [4.78, 5) is 15.0. The first kappa shape index (κ1) is 12.9. The average molecular weight is 281 g/mol. The van der Waals surface area contributed by atoms with Gasteiger partial charge in [0.15, 0.2) is 0 Å². The van der Waals surface area contributed by atoms with Crippen LogP contribution in [0.25, 0.3) is 0 Å². The van der Waals surface area contributed by atoms with Crippen LogP contribution < -0.4 is 4.74 Å². The molecule has 3 rings (SSSR count). The highest BCUT2D eigenvalue weighted by Gasteiger charge is 2.47. The van der Waals surface area contributed by atoms with Gasteiger partial charge in [-0.15, -0.1) is 11.3 Å². The molecule has 0 spiro atoms. The van der Waals surface area contributed by atoms with Gasteiger partial charge in [0.05, 0.1) is 10.9 Å². The van der Waals surface area contributed by atoms with Crippen molar-refractivity contribution in [2.45, 2.75) is 50.9 Å². The third-order valence-electron chi connectivity index (χ3n) is 4.01. The lowest BCUT2D eigenvalue weighted by atomic mass is 9.88. The summed E-state index contributed by atoms with van der Waals surface area (Å²) < 4.78 is 5.85. The average Bonchev–Trinajstić information content (AvgIpc) is 2.79. The number of thiophene rings is 1. The number of ether oxygens (including phenoxy) is 1. The smallest absolute Gasteiger partial charge is 0.223 e. The van der Waals surface area contributed by atoms with Gasteiger partial charge in [-0.25, -0.2) is 0 Å². The number of rotatable bonds is 1. The summed E-state index contributed by atoms with van der Waals surface area (Å²) in [5.41, 5.74) is -0.670. The van der Waals surface area contributed by atoms with Gasteiger partial charge in [0.1, 0.15) is 17.5 Å². The maximum Gasteiger partial charge on any atom is 0.223 e. The molecule has 1 fully saturated rings. The lowest BCUT2D eigenvalue weighted by molar-refractivity contribution is -0.146. The summed E-state index contributed by atoms with van der Waals surface area (Å²) in [6, 6.07) is 1.67. The Morgan fingerprint density at radius 2 is 2.26 bits per heavy atom. The maximum absolute atomic E-state index is 12.2. The molecule has 2 aliphatic heterocycles. The first-order chi connectivity index (χ1) is 9.00. The van der Waals surface area contributed by atoms with Crippen molar-refractivity contribution < 1.29 is 14.6 Å². The minimum atomic E-state index is -0.694. The van der Waals surface area contributed by atoms with Crippen molar-refractivity contribution in [1.29, 1.82) is 0 Å². The quantitative estimate of drug-likeness (QED) is 0.859. The van der Waals surface area contributed by atoms with E-state index < -0.39 is 11.7 Å². The summed E-state index contributed by atoms with van der Waals surface area (Å²) >= 11 is 1.55. The zero-order chi connectivity index (χ0) is 13.6. The lowest BCUT2D eigenvalue weighted by Crippen LogP contribution is -2.55. The highest BCUT2D eigenvalue weighted by Crippen LogP contribution is 2.46. The van der Waals surface area contributed by atoms with Crippen LogP contribution in [0.4, 0.5) is 0 Å². The number of fused-ring (bicyclic) bond motifs is 1. The van der Waals surface area contributed by atoms with Crippen LogP contribution in [-0.2, 0) is 4.79 Å². The van der Waals surface area contributed by atoms with Crippen molar-refractivity contribution in [2.75, 3.05) is 6.54 Å². The van der Waals surface area contributed by atoms with Gasteiger partial charge in [0.2, 0.25) is 5.91 Å². The molecule has 0 aliphatic carbocycles. The molecule has 1 N–H and O–H groups in total. The van der Waals surface area contributed by atoms with E-state index in [4.69, 9.17) is 4.74 Å². The summed E-state index contributed by atoms with van der Waals surface area (Å²) in [5.74, 6) is 0.955. The molecule has 1 saturated heterocycles. The summed E-state index contributed by atoms with van der Waals surface area (Å²) in [7, 11) is 0. The Balaban J connectivity index is 2.01. The third kappa shape index (κ3) is 2.05. The zero-order valence-electron chi connectivity index (χ0n) is 11.3. The molecule has 0 unspecified atom stereocenters. The van der Waals surface area contributed by atoms with E-state index in [9.17, 15) is 9.90 Å². The van der Waals surface area contributed by atoms with E-state index in [1.54, 1.807) is 11.3 Å². The van der Waals surface area contributed by atoms with E-state index in [0.717, 1.165) is 30.0 Å². The van der Waals surface area contributed by atoms with E-state index in [0.29, 0.717) is 6.42 Å². The second-order valence-electron chi connectivity index (χ2n) is 5.79. The molecule has 5 heteroatoms. The molecular formula is C14H19NO3S. The van der Waals surface area contributed by atoms with Crippen LogP contribution in [0.3, 0.4) is 0 Å². The number of carbonyl (C=O) groups is 1. The van der Waals surface area contributed by atoms with E-state index in [1.807, 2.05) is 30.2 Å². The Bertz CT molecular complexity index is 497. The van der Waals surface area contributed by atoms with Gasteiger partial charge < -0.3 is 14.7 Å². The topological polar surface area (TPSA) is 49.8 Å². The summed E-state index contributed by atoms with van der Waals surface area (Å²) in [6.07, 6.45) is 1.86. The number of aliphatic hydroxyl groups excluding tert-OH is 1. The van der Waals surface area contributed by atoms with E-state index in [-0.39, 0.29) is 11.9 Å². The van der Waals surface area contributed by atoms with Crippen LogP contribution in [0, 0.1) is 0 Å². The lowest BCUT2D eigenvalue weighted by Gasteiger charge is -2.46. The van der Waals surface area contributed by atoms with Crippen molar-refractivity contribution in [3.05, 3.63) is 16.3 Å². The largest absolute Gasteiger partial charge is 0.484 e.